The Morgan fingerprint density at radius 2 is 2.06 bits per heavy atom. The minimum Gasteiger partial charge on any atom is -0.365 e. The molecule has 0 bridgehead atoms. The van der Waals surface area contributed by atoms with E-state index in [-0.39, 0.29) is 11.9 Å². The smallest absolute Gasteiger partial charge is 0.224 e. The molecule has 0 saturated heterocycles. The van der Waals surface area contributed by atoms with Crippen LogP contribution in [0, 0.1) is 11.7 Å². The van der Waals surface area contributed by atoms with Gasteiger partial charge in [0.1, 0.15) is 0 Å². The van der Waals surface area contributed by atoms with Crippen molar-refractivity contribution in [1.82, 2.24) is 9.97 Å². The van der Waals surface area contributed by atoms with Gasteiger partial charge in [0, 0.05) is 12.6 Å². The van der Waals surface area contributed by atoms with E-state index in [1.807, 2.05) is 13.8 Å². The molecule has 1 atom stereocenters. The summed E-state index contributed by atoms with van der Waals surface area (Å²) in [6.07, 6.45) is 1.18. The van der Waals surface area contributed by atoms with E-state index in [4.69, 9.17) is 0 Å². The van der Waals surface area contributed by atoms with Gasteiger partial charge in [0.25, 0.3) is 0 Å². The summed E-state index contributed by atoms with van der Waals surface area (Å²) in [5.41, 5.74) is 0. The van der Waals surface area contributed by atoms with Crippen molar-refractivity contribution in [2.75, 3.05) is 17.2 Å². The largest absolute Gasteiger partial charge is 0.365 e. The summed E-state index contributed by atoms with van der Waals surface area (Å²) in [4.78, 5) is 7.92. The van der Waals surface area contributed by atoms with Crippen molar-refractivity contribution in [3.63, 3.8) is 0 Å². The number of halogens is 1. The highest BCUT2D eigenvalue weighted by Crippen LogP contribution is 2.15. The molecule has 0 amide bonds. The van der Waals surface area contributed by atoms with Crippen LogP contribution in [0.5, 0.6) is 0 Å². The first-order chi connectivity index (χ1) is 7.54. The second-order valence-electron chi connectivity index (χ2n) is 4.10. The van der Waals surface area contributed by atoms with Crippen LogP contribution < -0.4 is 10.6 Å². The van der Waals surface area contributed by atoms with Gasteiger partial charge >= 0.3 is 0 Å². The quantitative estimate of drug-likeness (QED) is 0.810. The molecule has 0 fully saturated rings. The van der Waals surface area contributed by atoms with E-state index in [0.29, 0.717) is 18.4 Å². The molecule has 0 spiro atoms. The van der Waals surface area contributed by atoms with Crippen LogP contribution >= 0.6 is 0 Å². The van der Waals surface area contributed by atoms with E-state index in [1.165, 1.54) is 6.20 Å². The van der Waals surface area contributed by atoms with Gasteiger partial charge in [-0.25, -0.2) is 9.37 Å². The summed E-state index contributed by atoms with van der Waals surface area (Å²) in [5.74, 6) is 0.695. The van der Waals surface area contributed by atoms with Crippen LogP contribution in [-0.2, 0) is 0 Å². The normalized spacial score (nSPS) is 12.6. The van der Waals surface area contributed by atoms with Crippen LogP contribution in [0.15, 0.2) is 6.20 Å². The summed E-state index contributed by atoms with van der Waals surface area (Å²) in [7, 11) is 0. The molecule has 0 aromatic carbocycles. The fourth-order valence-corrected chi connectivity index (χ4v) is 1.09. The van der Waals surface area contributed by atoms with E-state index in [2.05, 4.69) is 34.4 Å². The fraction of sp³-hybridized carbons (Fsp3) is 0.636. The van der Waals surface area contributed by atoms with Gasteiger partial charge < -0.3 is 10.6 Å². The molecule has 1 rings (SSSR count). The molecule has 4 nitrogen and oxygen atoms in total. The molecule has 1 aromatic heterocycles. The number of aromatic nitrogens is 2. The maximum absolute atomic E-state index is 13.4. The van der Waals surface area contributed by atoms with Crippen LogP contribution in [0.25, 0.3) is 0 Å². The molecule has 5 heteroatoms. The molecule has 0 aliphatic carbocycles. The lowest BCUT2D eigenvalue weighted by molar-refractivity contribution is 0.548. The van der Waals surface area contributed by atoms with Gasteiger partial charge in [0.15, 0.2) is 11.6 Å². The van der Waals surface area contributed by atoms with Gasteiger partial charge in [-0.2, -0.15) is 4.98 Å². The van der Waals surface area contributed by atoms with E-state index in [1.54, 1.807) is 0 Å². The van der Waals surface area contributed by atoms with E-state index in [0.717, 1.165) is 0 Å². The lowest BCUT2D eigenvalue weighted by Gasteiger charge is -2.18. The zero-order valence-electron chi connectivity index (χ0n) is 10.2. The zero-order valence-corrected chi connectivity index (χ0v) is 10.2. The second kappa shape index (κ2) is 5.63. The first kappa shape index (κ1) is 12.7. The number of hydrogen-bond acceptors (Lipinski definition) is 4. The maximum Gasteiger partial charge on any atom is 0.224 e. The van der Waals surface area contributed by atoms with E-state index < -0.39 is 5.82 Å². The van der Waals surface area contributed by atoms with Crippen molar-refractivity contribution in [3.8, 4) is 0 Å². The SMILES string of the molecule is CCNc1ncc(F)c(NC(C)C(C)C)n1. The lowest BCUT2D eigenvalue weighted by atomic mass is 10.1. The first-order valence-electron chi connectivity index (χ1n) is 5.57. The highest BCUT2D eigenvalue weighted by molar-refractivity contribution is 5.41. The Morgan fingerprint density at radius 3 is 2.62 bits per heavy atom. The number of hydrogen-bond donors (Lipinski definition) is 2. The predicted molar refractivity (Wildman–Crippen MR) is 64.1 cm³/mol. The molecule has 0 aliphatic rings. The molecular weight excluding hydrogens is 207 g/mol. The van der Waals surface area contributed by atoms with E-state index >= 15 is 0 Å². The average molecular weight is 226 g/mol. The number of nitrogens with one attached hydrogen (secondary N) is 2. The van der Waals surface area contributed by atoms with Crippen LogP contribution in [0.3, 0.4) is 0 Å². The Balaban J connectivity index is 2.81. The molecule has 0 radical (unpaired) electrons. The third kappa shape index (κ3) is 3.32. The van der Waals surface area contributed by atoms with Crippen molar-refractivity contribution in [2.45, 2.75) is 33.7 Å². The number of rotatable bonds is 5. The summed E-state index contributed by atoms with van der Waals surface area (Å²) in [5, 5.41) is 5.99. The van der Waals surface area contributed by atoms with Crippen LogP contribution in [0.4, 0.5) is 16.2 Å². The van der Waals surface area contributed by atoms with Crippen molar-refractivity contribution >= 4 is 11.8 Å². The highest BCUT2D eigenvalue weighted by Gasteiger charge is 2.12. The van der Waals surface area contributed by atoms with E-state index in [9.17, 15) is 4.39 Å². The number of nitrogens with zero attached hydrogens (tertiary/aromatic N) is 2. The average Bonchev–Trinajstić information content (AvgIpc) is 2.23. The third-order valence-corrected chi connectivity index (χ3v) is 2.44. The molecule has 0 saturated carbocycles. The summed E-state index contributed by atoms with van der Waals surface area (Å²) in [6.45, 7) is 8.80. The molecule has 2 N–H and O–H groups in total. The highest BCUT2D eigenvalue weighted by atomic mass is 19.1. The summed E-state index contributed by atoms with van der Waals surface area (Å²) < 4.78 is 13.4. The molecule has 1 aromatic rings. The Bertz CT molecular complexity index is 341. The molecule has 90 valence electrons. The Morgan fingerprint density at radius 1 is 1.38 bits per heavy atom. The fourth-order valence-electron chi connectivity index (χ4n) is 1.09. The Labute approximate surface area is 95.7 Å². The van der Waals surface area contributed by atoms with Gasteiger partial charge in [-0.15, -0.1) is 0 Å². The number of anilines is 2. The van der Waals surface area contributed by atoms with Gasteiger partial charge in [-0.3, -0.25) is 0 Å². The zero-order chi connectivity index (χ0) is 12.1. The van der Waals surface area contributed by atoms with Crippen molar-refractivity contribution in [1.29, 1.82) is 0 Å². The van der Waals surface area contributed by atoms with Gasteiger partial charge in [-0.1, -0.05) is 13.8 Å². The van der Waals surface area contributed by atoms with Crippen molar-refractivity contribution in [2.24, 2.45) is 5.92 Å². The molecule has 1 unspecified atom stereocenters. The first-order valence-corrected chi connectivity index (χ1v) is 5.57. The lowest BCUT2D eigenvalue weighted by Crippen LogP contribution is -2.23. The summed E-state index contributed by atoms with van der Waals surface area (Å²) >= 11 is 0. The van der Waals surface area contributed by atoms with Crippen molar-refractivity contribution in [3.05, 3.63) is 12.0 Å². The van der Waals surface area contributed by atoms with Crippen LogP contribution in [0.2, 0.25) is 0 Å². The third-order valence-electron chi connectivity index (χ3n) is 2.44. The minimum atomic E-state index is -0.422. The molecule has 1 heterocycles. The van der Waals surface area contributed by atoms with Crippen LogP contribution in [-0.4, -0.2) is 22.6 Å². The second-order valence-corrected chi connectivity index (χ2v) is 4.10. The summed E-state index contributed by atoms with van der Waals surface area (Å²) in [6, 6.07) is 0.166. The maximum atomic E-state index is 13.4. The topological polar surface area (TPSA) is 49.8 Å². The van der Waals surface area contributed by atoms with Gasteiger partial charge in [-0.05, 0) is 19.8 Å². The minimum absolute atomic E-state index is 0.166. The predicted octanol–water partition coefficient (Wildman–Crippen LogP) is 2.50. The van der Waals surface area contributed by atoms with Crippen molar-refractivity contribution < 1.29 is 4.39 Å². The standard InChI is InChI=1S/C11H19FN4/c1-5-13-11-14-6-9(12)10(16-11)15-8(4)7(2)3/h6-8H,5H2,1-4H3,(H2,13,14,15,16). The monoisotopic (exact) mass is 226 g/mol. The van der Waals surface area contributed by atoms with Gasteiger partial charge in [0.2, 0.25) is 5.95 Å². The van der Waals surface area contributed by atoms with Gasteiger partial charge in [0.05, 0.1) is 6.20 Å². The van der Waals surface area contributed by atoms with Crippen LogP contribution in [0.1, 0.15) is 27.7 Å². The Kier molecular flexibility index (Phi) is 4.46. The Hall–Kier alpha value is -1.39. The molecule has 16 heavy (non-hydrogen) atoms. The molecular formula is C11H19FN4. The molecule has 0 aliphatic heterocycles.